The number of carbonyl (C=O) groups is 1. The predicted molar refractivity (Wildman–Crippen MR) is 65.2 cm³/mol. The largest absolute Gasteiger partial charge is 0.383 e. The van der Waals surface area contributed by atoms with Crippen molar-refractivity contribution < 1.29 is 9.53 Å². The van der Waals surface area contributed by atoms with E-state index in [2.05, 4.69) is 13.0 Å². The number of ether oxygens (including phenoxy) is 1. The molecular formula is C13H22N2O2. The summed E-state index contributed by atoms with van der Waals surface area (Å²) in [4.78, 5) is 14.1. The molecule has 0 spiro atoms. The predicted octanol–water partition coefficient (Wildman–Crippen LogP) is 1.81. The summed E-state index contributed by atoms with van der Waals surface area (Å²) >= 11 is 0. The molecule has 0 saturated heterocycles. The van der Waals surface area contributed by atoms with Gasteiger partial charge in [0.15, 0.2) is 0 Å². The second-order valence-corrected chi connectivity index (χ2v) is 4.69. The van der Waals surface area contributed by atoms with Gasteiger partial charge in [0.05, 0.1) is 12.7 Å². The SMILES string of the molecule is CCC(C#N)C(=O)N(CCOC)C(C)C1CC1. The minimum atomic E-state index is -0.506. The van der Waals surface area contributed by atoms with E-state index in [1.807, 2.05) is 11.8 Å². The molecule has 4 heteroatoms. The molecule has 0 heterocycles. The molecule has 1 saturated carbocycles. The minimum Gasteiger partial charge on any atom is -0.383 e. The van der Waals surface area contributed by atoms with Crippen LogP contribution in [0.5, 0.6) is 0 Å². The van der Waals surface area contributed by atoms with Crippen molar-refractivity contribution in [2.24, 2.45) is 11.8 Å². The van der Waals surface area contributed by atoms with Crippen molar-refractivity contribution in [3.05, 3.63) is 0 Å². The molecule has 4 nitrogen and oxygen atoms in total. The number of methoxy groups -OCH3 is 1. The van der Waals surface area contributed by atoms with Crippen LogP contribution in [-0.4, -0.2) is 37.1 Å². The molecule has 17 heavy (non-hydrogen) atoms. The van der Waals surface area contributed by atoms with Crippen LogP contribution >= 0.6 is 0 Å². The fraction of sp³-hybridized carbons (Fsp3) is 0.846. The molecule has 96 valence electrons. The number of hydrogen-bond donors (Lipinski definition) is 0. The Labute approximate surface area is 104 Å². The lowest BCUT2D eigenvalue weighted by molar-refractivity contribution is -0.137. The van der Waals surface area contributed by atoms with Gasteiger partial charge in [-0.15, -0.1) is 0 Å². The van der Waals surface area contributed by atoms with Crippen LogP contribution in [0.3, 0.4) is 0 Å². The van der Waals surface area contributed by atoms with Crippen LogP contribution in [0.15, 0.2) is 0 Å². The summed E-state index contributed by atoms with van der Waals surface area (Å²) in [5.74, 6) is 0.0755. The smallest absolute Gasteiger partial charge is 0.240 e. The van der Waals surface area contributed by atoms with Crippen LogP contribution in [0.2, 0.25) is 0 Å². The quantitative estimate of drug-likeness (QED) is 0.679. The monoisotopic (exact) mass is 238 g/mol. The van der Waals surface area contributed by atoms with Gasteiger partial charge in [0.1, 0.15) is 5.92 Å². The lowest BCUT2D eigenvalue weighted by Gasteiger charge is -2.30. The van der Waals surface area contributed by atoms with Crippen molar-refractivity contribution in [1.29, 1.82) is 5.26 Å². The molecule has 1 aliphatic carbocycles. The van der Waals surface area contributed by atoms with Crippen LogP contribution in [0.4, 0.5) is 0 Å². The van der Waals surface area contributed by atoms with E-state index in [1.54, 1.807) is 7.11 Å². The highest BCUT2D eigenvalue weighted by atomic mass is 16.5. The first-order valence-corrected chi connectivity index (χ1v) is 6.34. The Morgan fingerprint density at radius 3 is 2.65 bits per heavy atom. The molecule has 1 aliphatic rings. The van der Waals surface area contributed by atoms with Gasteiger partial charge in [-0.1, -0.05) is 6.92 Å². The van der Waals surface area contributed by atoms with E-state index in [-0.39, 0.29) is 11.9 Å². The fourth-order valence-corrected chi connectivity index (χ4v) is 2.06. The van der Waals surface area contributed by atoms with Crippen LogP contribution < -0.4 is 0 Å². The molecule has 1 amide bonds. The first-order chi connectivity index (χ1) is 8.15. The van der Waals surface area contributed by atoms with Crippen molar-refractivity contribution in [2.75, 3.05) is 20.3 Å². The van der Waals surface area contributed by atoms with Crippen LogP contribution in [-0.2, 0) is 9.53 Å². The van der Waals surface area contributed by atoms with Gasteiger partial charge < -0.3 is 9.64 Å². The summed E-state index contributed by atoms with van der Waals surface area (Å²) in [5, 5.41) is 8.98. The molecule has 2 atom stereocenters. The zero-order chi connectivity index (χ0) is 12.8. The van der Waals surface area contributed by atoms with E-state index in [9.17, 15) is 4.79 Å². The van der Waals surface area contributed by atoms with Crippen LogP contribution in [0, 0.1) is 23.2 Å². The first kappa shape index (κ1) is 14.0. The van der Waals surface area contributed by atoms with E-state index in [4.69, 9.17) is 10.00 Å². The van der Waals surface area contributed by atoms with Crippen molar-refractivity contribution in [1.82, 2.24) is 4.90 Å². The van der Waals surface area contributed by atoms with Crippen LogP contribution in [0.1, 0.15) is 33.1 Å². The molecule has 1 fully saturated rings. The molecule has 0 aliphatic heterocycles. The molecule has 0 aromatic rings. The van der Waals surface area contributed by atoms with E-state index >= 15 is 0 Å². The van der Waals surface area contributed by atoms with Gasteiger partial charge in [0.25, 0.3) is 0 Å². The molecule has 0 aromatic carbocycles. The molecule has 0 bridgehead atoms. The van der Waals surface area contributed by atoms with Gasteiger partial charge in [0.2, 0.25) is 5.91 Å². The van der Waals surface area contributed by atoms with E-state index < -0.39 is 5.92 Å². The van der Waals surface area contributed by atoms with Crippen molar-refractivity contribution in [3.8, 4) is 6.07 Å². The number of rotatable bonds is 7. The maximum absolute atomic E-state index is 12.2. The summed E-state index contributed by atoms with van der Waals surface area (Å²) in [6.45, 7) is 5.08. The van der Waals surface area contributed by atoms with E-state index in [0.717, 1.165) is 0 Å². The third-order valence-electron chi connectivity index (χ3n) is 3.48. The highest BCUT2D eigenvalue weighted by Gasteiger charge is 2.35. The average molecular weight is 238 g/mol. The van der Waals surface area contributed by atoms with E-state index in [1.165, 1.54) is 12.8 Å². The standard InChI is InChI=1S/C13H22N2O2/c1-4-11(9-14)13(16)15(7-8-17-3)10(2)12-5-6-12/h10-12H,4-8H2,1-3H3. The molecule has 1 rings (SSSR count). The van der Waals surface area contributed by atoms with Crippen LogP contribution in [0.25, 0.3) is 0 Å². The third kappa shape index (κ3) is 3.71. The Hall–Kier alpha value is -1.08. The summed E-state index contributed by atoms with van der Waals surface area (Å²) < 4.78 is 5.04. The topological polar surface area (TPSA) is 53.3 Å². The number of nitrogens with zero attached hydrogens (tertiary/aromatic N) is 2. The lowest BCUT2D eigenvalue weighted by Crippen LogP contribution is -2.44. The van der Waals surface area contributed by atoms with E-state index in [0.29, 0.717) is 25.5 Å². The second kappa shape index (κ2) is 6.61. The third-order valence-corrected chi connectivity index (χ3v) is 3.48. The summed E-state index contributed by atoms with van der Waals surface area (Å²) in [5.41, 5.74) is 0. The van der Waals surface area contributed by atoms with Gasteiger partial charge in [-0.05, 0) is 32.1 Å². The first-order valence-electron chi connectivity index (χ1n) is 6.34. The van der Waals surface area contributed by atoms with Gasteiger partial charge >= 0.3 is 0 Å². The van der Waals surface area contributed by atoms with Gasteiger partial charge in [-0.3, -0.25) is 4.79 Å². The Kier molecular flexibility index (Phi) is 5.43. The number of carbonyl (C=O) groups excluding carboxylic acids is 1. The summed E-state index contributed by atoms with van der Waals surface area (Å²) in [6, 6.07) is 2.33. The minimum absolute atomic E-state index is 0.0357. The Balaban J connectivity index is 2.66. The molecule has 0 radical (unpaired) electrons. The second-order valence-electron chi connectivity index (χ2n) is 4.69. The molecule has 2 unspecified atom stereocenters. The van der Waals surface area contributed by atoms with Gasteiger partial charge in [-0.25, -0.2) is 0 Å². The fourth-order valence-electron chi connectivity index (χ4n) is 2.06. The zero-order valence-corrected chi connectivity index (χ0v) is 11.0. The van der Waals surface area contributed by atoms with Gasteiger partial charge in [-0.2, -0.15) is 5.26 Å². The molecule has 0 N–H and O–H groups in total. The highest BCUT2D eigenvalue weighted by Crippen LogP contribution is 2.35. The number of nitriles is 1. The normalized spacial score (nSPS) is 18.2. The van der Waals surface area contributed by atoms with Crippen molar-refractivity contribution in [2.45, 2.75) is 39.2 Å². The van der Waals surface area contributed by atoms with Crippen molar-refractivity contribution in [3.63, 3.8) is 0 Å². The summed E-state index contributed by atoms with van der Waals surface area (Å²) in [6.07, 6.45) is 2.97. The lowest BCUT2D eigenvalue weighted by atomic mass is 10.0. The Morgan fingerprint density at radius 1 is 1.59 bits per heavy atom. The zero-order valence-electron chi connectivity index (χ0n) is 11.0. The number of hydrogen-bond acceptors (Lipinski definition) is 3. The maximum Gasteiger partial charge on any atom is 0.240 e. The van der Waals surface area contributed by atoms with Gasteiger partial charge in [0, 0.05) is 19.7 Å². The summed E-state index contributed by atoms with van der Waals surface area (Å²) in [7, 11) is 1.63. The van der Waals surface area contributed by atoms with Crippen molar-refractivity contribution >= 4 is 5.91 Å². The highest BCUT2D eigenvalue weighted by molar-refractivity contribution is 5.81. The Bertz CT molecular complexity index is 294. The molecule has 0 aromatic heterocycles. The number of amides is 1. The Morgan fingerprint density at radius 2 is 2.24 bits per heavy atom. The molecular weight excluding hydrogens is 216 g/mol. The average Bonchev–Trinajstić information content (AvgIpc) is 3.14. The maximum atomic E-state index is 12.2.